The topological polar surface area (TPSA) is 0 Å². The van der Waals surface area contributed by atoms with E-state index in [2.05, 4.69) is 48.6 Å². The molecule has 1 atom stereocenters. The van der Waals surface area contributed by atoms with Gasteiger partial charge in [0.15, 0.2) is 0 Å². The first-order valence-corrected chi connectivity index (χ1v) is 9.11. The molecule has 0 fully saturated rings. The van der Waals surface area contributed by atoms with Crippen molar-refractivity contribution in [2.75, 3.05) is 0 Å². The van der Waals surface area contributed by atoms with Crippen LogP contribution in [0.15, 0.2) is 48.6 Å². The number of benzene rings is 2. The minimum absolute atomic E-state index is 0. The van der Waals surface area contributed by atoms with Gasteiger partial charge in [-0.2, -0.15) is 0 Å². The molecule has 0 nitrogen and oxygen atoms in total. The summed E-state index contributed by atoms with van der Waals surface area (Å²) < 4.78 is 0.655. The van der Waals surface area contributed by atoms with Crippen LogP contribution >= 0.6 is 0 Å². The van der Waals surface area contributed by atoms with Gasteiger partial charge in [-0.15, -0.1) is 0 Å². The molecule has 0 aromatic heterocycles. The molecular formula is C20H15Cl2Zr. The standard InChI is InChI=1S/C20H15.2ClH.Zr/c1-2-6-13(5-1)18-12-20-15-8-4-3-7-14(15)11-19(20)17-10-9-16(17)18;;;/h1-5,7-8,11-12H,6,9-10H2;2*1H;/q;;;+2/p-2. The van der Waals surface area contributed by atoms with Gasteiger partial charge in [0.1, 0.15) is 0 Å². The van der Waals surface area contributed by atoms with E-state index in [1.807, 2.05) is 0 Å². The van der Waals surface area contributed by atoms with E-state index in [9.17, 15) is 0 Å². The molecule has 0 radical (unpaired) electrons. The second-order valence-corrected chi connectivity index (χ2v) is 7.61. The average Bonchev–Trinajstić information content (AvgIpc) is 3.08. The molecule has 5 rings (SSSR count). The summed E-state index contributed by atoms with van der Waals surface area (Å²) in [5.74, 6) is 0. The molecule has 0 heterocycles. The first-order valence-electron chi connectivity index (χ1n) is 7.69. The predicted octanol–water partition coefficient (Wildman–Crippen LogP) is -1.25. The first-order chi connectivity index (χ1) is 10.3. The molecule has 0 amide bonds. The summed E-state index contributed by atoms with van der Waals surface area (Å²) in [5.41, 5.74) is 12.6. The van der Waals surface area contributed by atoms with Crippen LogP contribution in [-0.4, -0.2) is 0 Å². The van der Waals surface area contributed by atoms with Crippen molar-refractivity contribution in [3.05, 3.63) is 76.4 Å². The van der Waals surface area contributed by atoms with Crippen LogP contribution in [0.2, 0.25) is 0 Å². The molecule has 0 saturated heterocycles. The molecule has 0 spiro atoms. The molecule has 3 aliphatic carbocycles. The van der Waals surface area contributed by atoms with E-state index in [1.165, 1.54) is 35.1 Å². The van der Waals surface area contributed by atoms with Gasteiger partial charge in [0.2, 0.25) is 0 Å². The molecule has 0 saturated carbocycles. The zero-order valence-electron chi connectivity index (χ0n) is 12.6. The third kappa shape index (κ3) is 2.36. The zero-order valence-corrected chi connectivity index (χ0v) is 16.5. The van der Waals surface area contributed by atoms with Crippen molar-refractivity contribution >= 4 is 5.57 Å². The molecule has 23 heavy (non-hydrogen) atoms. The SMILES string of the molecule is [Cl-].[Cl-].[Zr+2][CH]1c2ccccc2-c2cc(C3=CC=CC3)c3c(c21)CC3. The summed E-state index contributed by atoms with van der Waals surface area (Å²) in [5, 5.41) is 0. The van der Waals surface area contributed by atoms with Gasteiger partial charge in [0.05, 0.1) is 0 Å². The molecule has 0 aliphatic heterocycles. The molecule has 2 aromatic carbocycles. The number of allylic oxidation sites excluding steroid dienone is 4. The fourth-order valence-corrected chi connectivity index (χ4v) is 5.51. The van der Waals surface area contributed by atoms with Crippen molar-refractivity contribution in [1.29, 1.82) is 0 Å². The van der Waals surface area contributed by atoms with Crippen molar-refractivity contribution in [2.45, 2.75) is 22.9 Å². The second-order valence-electron chi connectivity index (χ2n) is 6.19. The first kappa shape index (κ1) is 17.2. The van der Waals surface area contributed by atoms with Crippen molar-refractivity contribution < 1.29 is 49.5 Å². The van der Waals surface area contributed by atoms with E-state index in [-0.39, 0.29) is 24.8 Å². The molecule has 3 heteroatoms. The Bertz CT molecular complexity index is 849. The molecular weight excluding hydrogens is 402 g/mol. The number of fused-ring (bicyclic) bond motifs is 5. The average molecular weight is 417 g/mol. The number of hydrogen-bond donors (Lipinski definition) is 0. The number of rotatable bonds is 1. The summed E-state index contributed by atoms with van der Waals surface area (Å²) in [6.07, 6.45) is 10.4. The fraction of sp³-hybridized carbons (Fsp3) is 0.200. The van der Waals surface area contributed by atoms with Crippen LogP contribution in [0.25, 0.3) is 16.7 Å². The van der Waals surface area contributed by atoms with Crippen LogP contribution in [0.1, 0.15) is 37.9 Å². The minimum atomic E-state index is 0. The predicted molar refractivity (Wildman–Crippen MR) is 82.9 cm³/mol. The Morgan fingerprint density at radius 2 is 1.70 bits per heavy atom. The van der Waals surface area contributed by atoms with E-state index in [0.717, 1.165) is 6.42 Å². The van der Waals surface area contributed by atoms with Gasteiger partial charge in [-0.05, 0) is 0 Å². The van der Waals surface area contributed by atoms with E-state index in [1.54, 1.807) is 47.0 Å². The summed E-state index contributed by atoms with van der Waals surface area (Å²) in [7, 11) is 0. The maximum atomic E-state index is 2.50. The molecule has 2 aromatic rings. The molecule has 0 bridgehead atoms. The van der Waals surface area contributed by atoms with Crippen molar-refractivity contribution in [2.24, 2.45) is 0 Å². The summed E-state index contributed by atoms with van der Waals surface area (Å²) in [6.45, 7) is 0. The maximum absolute atomic E-state index is 2.50. The van der Waals surface area contributed by atoms with Gasteiger partial charge in [0, 0.05) is 0 Å². The van der Waals surface area contributed by atoms with Gasteiger partial charge < -0.3 is 24.8 Å². The Labute approximate surface area is 164 Å². The van der Waals surface area contributed by atoms with Crippen LogP contribution in [0.4, 0.5) is 0 Å². The van der Waals surface area contributed by atoms with Crippen LogP contribution in [0.3, 0.4) is 0 Å². The molecule has 0 N–H and O–H groups in total. The Balaban J connectivity index is 0.000000781. The third-order valence-corrected chi connectivity index (χ3v) is 6.66. The van der Waals surface area contributed by atoms with Gasteiger partial charge in [-0.1, -0.05) is 0 Å². The van der Waals surface area contributed by atoms with E-state index in [4.69, 9.17) is 0 Å². The molecule has 113 valence electrons. The Morgan fingerprint density at radius 1 is 0.913 bits per heavy atom. The van der Waals surface area contributed by atoms with Crippen molar-refractivity contribution in [3.8, 4) is 11.1 Å². The van der Waals surface area contributed by atoms with Gasteiger partial charge in [0.25, 0.3) is 0 Å². The Hall–Kier alpha value is -0.617. The van der Waals surface area contributed by atoms with Gasteiger partial charge >= 0.3 is 141 Å². The van der Waals surface area contributed by atoms with Gasteiger partial charge in [-0.25, -0.2) is 0 Å². The summed E-state index contributed by atoms with van der Waals surface area (Å²) in [6, 6.07) is 11.5. The second kappa shape index (κ2) is 6.36. The monoisotopic (exact) mass is 415 g/mol. The van der Waals surface area contributed by atoms with Crippen molar-refractivity contribution in [3.63, 3.8) is 0 Å². The number of halogens is 2. The van der Waals surface area contributed by atoms with Crippen LogP contribution in [0, 0.1) is 0 Å². The number of hydrogen-bond acceptors (Lipinski definition) is 0. The van der Waals surface area contributed by atoms with Gasteiger partial charge in [-0.3, -0.25) is 0 Å². The van der Waals surface area contributed by atoms with Crippen molar-refractivity contribution in [1.82, 2.24) is 0 Å². The Morgan fingerprint density at radius 3 is 2.39 bits per heavy atom. The van der Waals surface area contributed by atoms with E-state index < -0.39 is 0 Å². The quantitative estimate of drug-likeness (QED) is 0.544. The van der Waals surface area contributed by atoms with Crippen LogP contribution in [-0.2, 0) is 37.6 Å². The Kier molecular flexibility index (Phi) is 4.76. The normalized spacial score (nSPS) is 18.9. The van der Waals surface area contributed by atoms with Crippen LogP contribution < -0.4 is 24.8 Å². The zero-order chi connectivity index (χ0) is 14.0. The molecule has 1 unspecified atom stereocenters. The fourth-order valence-electron chi connectivity index (χ4n) is 4.08. The summed E-state index contributed by atoms with van der Waals surface area (Å²) in [4.78, 5) is 0. The van der Waals surface area contributed by atoms with Crippen LogP contribution in [0.5, 0.6) is 0 Å². The van der Waals surface area contributed by atoms with E-state index >= 15 is 0 Å². The molecule has 3 aliphatic rings. The third-order valence-electron chi connectivity index (χ3n) is 5.19. The van der Waals surface area contributed by atoms with E-state index in [0.29, 0.717) is 3.63 Å². The summed E-state index contributed by atoms with van der Waals surface area (Å²) >= 11 is 1.62.